The Morgan fingerprint density at radius 3 is 2.21 bits per heavy atom. The molecule has 6 nitrogen and oxygen atoms in total. The van der Waals surface area contributed by atoms with Gasteiger partial charge < -0.3 is 18.9 Å². The molecule has 0 unspecified atom stereocenters. The molecular formula is C22H27NO5. The molecule has 28 heavy (non-hydrogen) atoms. The molecular weight excluding hydrogens is 358 g/mol. The first kappa shape index (κ1) is 20.0. The highest BCUT2D eigenvalue weighted by Gasteiger charge is 2.18. The van der Waals surface area contributed by atoms with Crippen molar-refractivity contribution in [1.29, 1.82) is 0 Å². The lowest BCUT2D eigenvalue weighted by Crippen LogP contribution is -2.29. The van der Waals surface area contributed by atoms with Crippen LogP contribution in [0.1, 0.15) is 35.2 Å². The number of rotatable bonds is 7. The van der Waals surface area contributed by atoms with Crippen molar-refractivity contribution >= 4 is 5.97 Å². The standard InChI is InChI=1S/C22H27NO5/c1-25-19-13-17(14-20(26-2)21(19)27-3)22(24)28-18-9-7-8-16(12-18)15-23-10-5-4-6-11-23/h7-9,12-14H,4-6,10-11,15H2,1-3H3. The number of hydrogen-bond acceptors (Lipinski definition) is 6. The predicted octanol–water partition coefficient (Wildman–Crippen LogP) is 3.92. The van der Waals surface area contributed by atoms with E-state index in [1.165, 1.54) is 40.6 Å². The monoisotopic (exact) mass is 385 g/mol. The van der Waals surface area contributed by atoms with Crippen molar-refractivity contribution in [2.24, 2.45) is 0 Å². The van der Waals surface area contributed by atoms with E-state index in [0.717, 1.165) is 25.2 Å². The lowest BCUT2D eigenvalue weighted by atomic mass is 10.1. The van der Waals surface area contributed by atoms with Crippen LogP contribution < -0.4 is 18.9 Å². The minimum atomic E-state index is -0.477. The molecule has 0 aliphatic carbocycles. The van der Waals surface area contributed by atoms with E-state index >= 15 is 0 Å². The van der Waals surface area contributed by atoms with Gasteiger partial charge in [-0.1, -0.05) is 18.6 Å². The van der Waals surface area contributed by atoms with Crippen LogP contribution >= 0.6 is 0 Å². The summed E-state index contributed by atoms with van der Waals surface area (Å²) in [6.45, 7) is 3.11. The van der Waals surface area contributed by atoms with Gasteiger partial charge in [-0.2, -0.15) is 0 Å². The van der Waals surface area contributed by atoms with E-state index in [1.54, 1.807) is 18.2 Å². The molecule has 0 aromatic heterocycles. The van der Waals surface area contributed by atoms with E-state index in [1.807, 2.05) is 12.1 Å². The molecule has 150 valence electrons. The number of esters is 1. The Labute approximate surface area is 166 Å². The number of carbonyl (C=O) groups excluding carboxylic acids is 1. The van der Waals surface area contributed by atoms with Crippen molar-refractivity contribution in [3.8, 4) is 23.0 Å². The number of benzene rings is 2. The topological polar surface area (TPSA) is 57.2 Å². The molecule has 1 aliphatic heterocycles. The zero-order valence-corrected chi connectivity index (χ0v) is 16.7. The van der Waals surface area contributed by atoms with Crippen molar-refractivity contribution in [3.63, 3.8) is 0 Å². The maximum absolute atomic E-state index is 12.7. The van der Waals surface area contributed by atoms with E-state index in [-0.39, 0.29) is 0 Å². The molecule has 0 saturated carbocycles. The molecule has 3 rings (SSSR count). The largest absolute Gasteiger partial charge is 0.493 e. The Bertz CT molecular complexity index is 789. The fourth-order valence-electron chi connectivity index (χ4n) is 3.45. The predicted molar refractivity (Wildman–Crippen MR) is 107 cm³/mol. The molecule has 1 aliphatic rings. The maximum atomic E-state index is 12.7. The molecule has 0 spiro atoms. The van der Waals surface area contributed by atoms with Crippen LogP contribution in [0.5, 0.6) is 23.0 Å². The molecule has 2 aromatic rings. The van der Waals surface area contributed by atoms with Gasteiger partial charge in [0.05, 0.1) is 26.9 Å². The molecule has 0 radical (unpaired) electrons. The van der Waals surface area contributed by atoms with E-state index < -0.39 is 5.97 Å². The number of carbonyl (C=O) groups is 1. The Kier molecular flexibility index (Phi) is 6.76. The summed E-state index contributed by atoms with van der Waals surface area (Å²) in [6.07, 6.45) is 3.80. The van der Waals surface area contributed by atoms with Gasteiger partial charge in [0, 0.05) is 6.54 Å². The first-order valence-electron chi connectivity index (χ1n) is 9.48. The SMILES string of the molecule is COc1cc(C(=O)Oc2cccc(CN3CCCCC3)c2)cc(OC)c1OC. The number of ether oxygens (including phenoxy) is 4. The van der Waals surface area contributed by atoms with Gasteiger partial charge in [0.1, 0.15) is 5.75 Å². The van der Waals surface area contributed by atoms with Crippen molar-refractivity contribution in [2.45, 2.75) is 25.8 Å². The van der Waals surface area contributed by atoms with E-state index in [2.05, 4.69) is 11.0 Å². The van der Waals surface area contributed by atoms with Crippen LogP contribution in [0.4, 0.5) is 0 Å². The molecule has 1 fully saturated rings. The Morgan fingerprint density at radius 1 is 0.929 bits per heavy atom. The smallest absolute Gasteiger partial charge is 0.343 e. The fourth-order valence-corrected chi connectivity index (χ4v) is 3.45. The normalized spacial score (nSPS) is 14.4. The quantitative estimate of drug-likeness (QED) is 0.532. The Hall–Kier alpha value is -2.73. The second-order valence-electron chi connectivity index (χ2n) is 6.79. The summed E-state index contributed by atoms with van der Waals surface area (Å²) in [4.78, 5) is 15.1. The minimum absolute atomic E-state index is 0.330. The van der Waals surface area contributed by atoms with E-state index in [9.17, 15) is 4.79 Å². The van der Waals surface area contributed by atoms with Crippen molar-refractivity contribution < 1.29 is 23.7 Å². The summed E-state index contributed by atoms with van der Waals surface area (Å²) in [5, 5.41) is 0. The summed E-state index contributed by atoms with van der Waals surface area (Å²) in [5.41, 5.74) is 1.47. The molecule has 1 saturated heterocycles. The van der Waals surface area contributed by atoms with Crippen LogP contribution in [0, 0.1) is 0 Å². The molecule has 0 N–H and O–H groups in total. The zero-order chi connectivity index (χ0) is 19.9. The van der Waals surface area contributed by atoms with Crippen molar-refractivity contribution in [1.82, 2.24) is 4.90 Å². The zero-order valence-electron chi connectivity index (χ0n) is 16.7. The molecule has 6 heteroatoms. The lowest BCUT2D eigenvalue weighted by molar-refractivity contribution is 0.0733. The van der Waals surface area contributed by atoms with Gasteiger partial charge in [0.15, 0.2) is 11.5 Å². The van der Waals surface area contributed by atoms with Gasteiger partial charge in [-0.15, -0.1) is 0 Å². The van der Waals surface area contributed by atoms with Gasteiger partial charge in [-0.25, -0.2) is 4.79 Å². The molecule has 2 aromatic carbocycles. The van der Waals surface area contributed by atoms with Crippen LogP contribution in [0.15, 0.2) is 36.4 Å². The van der Waals surface area contributed by atoms with Crippen LogP contribution in [-0.4, -0.2) is 45.3 Å². The lowest BCUT2D eigenvalue weighted by Gasteiger charge is -2.26. The highest BCUT2D eigenvalue weighted by Crippen LogP contribution is 2.38. The number of likely N-dealkylation sites (tertiary alicyclic amines) is 1. The summed E-state index contributed by atoms with van der Waals surface area (Å²) in [7, 11) is 4.54. The number of hydrogen-bond donors (Lipinski definition) is 0. The average Bonchev–Trinajstić information content (AvgIpc) is 2.73. The Morgan fingerprint density at radius 2 is 1.61 bits per heavy atom. The first-order chi connectivity index (χ1) is 13.6. The second-order valence-corrected chi connectivity index (χ2v) is 6.79. The maximum Gasteiger partial charge on any atom is 0.343 e. The minimum Gasteiger partial charge on any atom is -0.493 e. The summed E-state index contributed by atoms with van der Waals surface area (Å²) in [6, 6.07) is 10.9. The molecule has 0 amide bonds. The third-order valence-electron chi connectivity index (χ3n) is 4.86. The second kappa shape index (κ2) is 9.46. The summed E-state index contributed by atoms with van der Waals surface area (Å²) in [5.74, 6) is 1.30. The highest BCUT2D eigenvalue weighted by atomic mass is 16.5. The average molecular weight is 385 g/mol. The van der Waals surface area contributed by atoms with Crippen molar-refractivity contribution in [3.05, 3.63) is 47.5 Å². The Balaban J connectivity index is 1.74. The van der Waals surface area contributed by atoms with Crippen LogP contribution in [0.3, 0.4) is 0 Å². The van der Waals surface area contributed by atoms with E-state index in [4.69, 9.17) is 18.9 Å². The van der Waals surface area contributed by atoms with Gasteiger partial charge in [-0.3, -0.25) is 4.90 Å². The highest BCUT2D eigenvalue weighted by molar-refractivity contribution is 5.92. The van der Waals surface area contributed by atoms with Gasteiger partial charge in [-0.05, 0) is 55.8 Å². The van der Waals surface area contributed by atoms with Crippen LogP contribution in [-0.2, 0) is 6.54 Å². The third-order valence-corrected chi connectivity index (χ3v) is 4.86. The van der Waals surface area contributed by atoms with E-state index in [0.29, 0.717) is 28.6 Å². The van der Waals surface area contributed by atoms with Crippen LogP contribution in [0.25, 0.3) is 0 Å². The number of piperidine rings is 1. The third kappa shape index (κ3) is 4.75. The number of methoxy groups -OCH3 is 3. The van der Waals surface area contributed by atoms with Crippen LogP contribution in [0.2, 0.25) is 0 Å². The van der Waals surface area contributed by atoms with Crippen molar-refractivity contribution in [2.75, 3.05) is 34.4 Å². The summed E-state index contributed by atoms with van der Waals surface area (Å²) >= 11 is 0. The van der Waals surface area contributed by atoms with Gasteiger partial charge in [0.2, 0.25) is 5.75 Å². The molecule has 0 bridgehead atoms. The van der Waals surface area contributed by atoms with Gasteiger partial charge in [0.25, 0.3) is 0 Å². The summed E-state index contributed by atoms with van der Waals surface area (Å²) < 4.78 is 21.5. The fraction of sp³-hybridized carbons (Fsp3) is 0.409. The van der Waals surface area contributed by atoms with Gasteiger partial charge >= 0.3 is 5.97 Å². The molecule has 0 atom stereocenters. The first-order valence-corrected chi connectivity index (χ1v) is 9.48. The number of nitrogens with zero attached hydrogens (tertiary/aromatic N) is 1. The molecule has 1 heterocycles.